The van der Waals surface area contributed by atoms with Gasteiger partial charge in [-0.25, -0.2) is 4.98 Å². The second kappa shape index (κ2) is 19.0. The molecule has 346 valence electrons. The van der Waals surface area contributed by atoms with Gasteiger partial charge in [0.25, 0.3) is 0 Å². The first-order valence-electron chi connectivity index (χ1n) is 25.6. The van der Waals surface area contributed by atoms with E-state index in [4.69, 9.17) is 14.1 Å². The molecule has 2 aromatic heterocycles. The zero-order valence-corrected chi connectivity index (χ0v) is 42.9. The van der Waals surface area contributed by atoms with Crippen molar-refractivity contribution in [2.45, 2.75) is 98.7 Å². The van der Waals surface area contributed by atoms with Crippen molar-refractivity contribution in [1.82, 2.24) is 14.5 Å². The molecule has 4 nitrogen and oxygen atoms in total. The first-order chi connectivity index (χ1) is 33.8. The molecule has 0 saturated carbocycles. The number of aryl methyl sites for hydroxylation is 1. The van der Waals surface area contributed by atoms with E-state index in [2.05, 4.69) is 131 Å². The van der Waals surface area contributed by atoms with Crippen molar-refractivity contribution >= 4 is 11.0 Å². The van der Waals surface area contributed by atoms with Gasteiger partial charge in [-0.3, -0.25) is 9.55 Å². The van der Waals surface area contributed by atoms with Gasteiger partial charge in [-0.05, 0) is 104 Å². The number of para-hydroxylation sites is 1. The minimum atomic E-state index is -2.20. The third kappa shape index (κ3) is 9.54. The summed E-state index contributed by atoms with van der Waals surface area (Å²) in [5.41, 5.74) is 15.1. The van der Waals surface area contributed by atoms with E-state index < -0.39 is 18.6 Å². The van der Waals surface area contributed by atoms with Crippen LogP contribution in [0.25, 0.3) is 83.9 Å². The van der Waals surface area contributed by atoms with Crippen LogP contribution in [-0.2, 0) is 31.9 Å². The standard InChI is InChI=1S/C63H62N3O.Pt/c1-39(2)46-35-53(40(3)4)60(67)55(36-46)61-65-59-52(18-15-19-58(59)66(61)57-29-28-51(63(9,10)11)38-54(57)44-24-26-50(27-25-44)62(6,7)8)48-32-47(42-16-13-12-14-17-42)33-49(34-48)56-37-45(30-31-64-56)43-22-20-41(5)21-23-43;/h12-33,35-40,67H,1-11H3;/q-1;/i5D3,39D,40D;. The van der Waals surface area contributed by atoms with Gasteiger partial charge in [0.2, 0.25) is 0 Å². The molecule has 1 N–H and O–H groups in total. The molecule has 68 heavy (non-hydrogen) atoms. The number of fused-ring (bicyclic) bond motifs is 1. The number of nitrogens with zero attached hydrogens (tertiary/aromatic N) is 3. The normalized spacial score (nSPS) is 13.5. The van der Waals surface area contributed by atoms with Crippen LogP contribution in [0.3, 0.4) is 0 Å². The molecule has 0 unspecified atom stereocenters. The Labute approximate surface area is 425 Å². The predicted octanol–water partition coefficient (Wildman–Crippen LogP) is 17.1. The zero-order valence-electron chi connectivity index (χ0n) is 45.6. The quantitative estimate of drug-likeness (QED) is 0.147. The van der Waals surface area contributed by atoms with Gasteiger partial charge in [0.1, 0.15) is 11.6 Å². The fourth-order valence-corrected chi connectivity index (χ4v) is 8.86. The summed E-state index contributed by atoms with van der Waals surface area (Å²) in [5.74, 6) is -1.84. The van der Waals surface area contributed by atoms with Crippen molar-refractivity contribution in [2.24, 2.45) is 0 Å². The number of hydrogen-bond donors (Lipinski definition) is 1. The third-order valence-corrected chi connectivity index (χ3v) is 12.8. The molecule has 0 fully saturated rings. The molecular weight excluding hydrogens is 1010 g/mol. The Balaban J connectivity index is 0.00000711. The summed E-state index contributed by atoms with van der Waals surface area (Å²) < 4.78 is 44.3. The number of aromatic nitrogens is 3. The van der Waals surface area contributed by atoms with Crippen LogP contribution < -0.4 is 0 Å². The van der Waals surface area contributed by atoms with Gasteiger partial charge in [0.05, 0.1) is 22.3 Å². The number of pyridine rings is 1. The SMILES string of the molecule is [2H]C([2H])([2H])c1ccc(-c2ccnc(-c3[c-]c(-c4cccc5c4nc(-c4cc(C([2H])(C)C)cc(C([2H])(C)C)c4O)n5-c4ccc(C(C)(C)C)cc4-c4ccc(C(C)(C)C)cc4)cc(-c4ccccc4)c3)c2)cc1.[Pt]. The van der Waals surface area contributed by atoms with Crippen molar-refractivity contribution in [3.8, 4) is 78.6 Å². The minimum absolute atomic E-state index is 0. The fraction of sp³-hybridized carbons (Fsp3) is 0.238. The monoisotopic (exact) mass is 1080 g/mol. The van der Waals surface area contributed by atoms with Gasteiger partial charge < -0.3 is 5.11 Å². The van der Waals surface area contributed by atoms with Crippen LogP contribution in [0.5, 0.6) is 5.75 Å². The molecule has 5 heteroatoms. The second-order valence-electron chi connectivity index (χ2n) is 20.2. The molecule has 2 heterocycles. The third-order valence-electron chi connectivity index (χ3n) is 12.8. The van der Waals surface area contributed by atoms with Crippen LogP contribution >= 0.6 is 0 Å². The molecule has 9 rings (SSSR count). The summed E-state index contributed by atoms with van der Waals surface area (Å²) in [4.78, 5) is 10.5. The first-order valence-corrected chi connectivity index (χ1v) is 23.1. The Hall–Kier alpha value is -6.35. The van der Waals surface area contributed by atoms with E-state index in [1.807, 2.05) is 68.4 Å². The van der Waals surface area contributed by atoms with E-state index in [1.54, 1.807) is 38.2 Å². The molecule has 0 spiro atoms. The van der Waals surface area contributed by atoms with Crippen LogP contribution in [0.15, 0.2) is 158 Å². The van der Waals surface area contributed by atoms with Crippen LogP contribution in [0.2, 0.25) is 0 Å². The summed E-state index contributed by atoms with van der Waals surface area (Å²) in [6, 6.07) is 54.3. The zero-order chi connectivity index (χ0) is 51.7. The largest absolute Gasteiger partial charge is 0.507 e. The summed E-state index contributed by atoms with van der Waals surface area (Å²) in [7, 11) is 0. The molecular formula is C63H62N3OPt-. The average Bonchev–Trinajstić information content (AvgIpc) is 3.72. The molecule has 0 bridgehead atoms. The van der Waals surface area contributed by atoms with E-state index in [1.165, 1.54) is 5.56 Å². The van der Waals surface area contributed by atoms with Crippen LogP contribution in [-0.4, -0.2) is 19.6 Å². The van der Waals surface area contributed by atoms with Crippen molar-refractivity contribution in [3.63, 3.8) is 0 Å². The maximum absolute atomic E-state index is 12.5. The number of benzene rings is 7. The summed E-state index contributed by atoms with van der Waals surface area (Å²) in [6.45, 7) is 18.3. The summed E-state index contributed by atoms with van der Waals surface area (Å²) >= 11 is 0. The molecule has 9 aromatic rings. The number of hydrogen-bond acceptors (Lipinski definition) is 3. The Kier molecular flexibility index (Phi) is 11.7. The molecule has 0 aliphatic carbocycles. The van der Waals surface area contributed by atoms with Crippen molar-refractivity contribution < 1.29 is 33.0 Å². The number of phenolic OH excluding ortho intramolecular Hbond substituents is 1. The molecule has 7 aromatic carbocycles. The van der Waals surface area contributed by atoms with Gasteiger partial charge in [0, 0.05) is 45.4 Å². The molecule has 0 aliphatic rings. The number of aromatic hydroxyl groups is 1. The smallest absolute Gasteiger partial charge is 0.148 e. The van der Waals surface area contributed by atoms with Gasteiger partial charge in [-0.2, -0.15) is 0 Å². The van der Waals surface area contributed by atoms with E-state index >= 15 is 0 Å². The van der Waals surface area contributed by atoms with Crippen LogP contribution in [0.1, 0.15) is 116 Å². The molecule has 0 aliphatic heterocycles. The summed E-state index contributed by atoms with van der Waals surface area (Å²) in [6.07, 6.45) is 1.77. The topological polar surface area (TPSA) is 50.9 Å². The predicted molar refractivity (Wildman–Crippen MR) is 282 cm³/mol. The Morgan fingerprint density at radius 3 is 1.91 bits per heavy atom. The molecule has 0 amide bonds. The number of imidazole rings is 1. The minimum Gasteiger partial charge on any atom is -0.507 e. The van der Waals surface area contributed by atoms with E-state index in [0.29, 0.717) is 33.7 Å². The van der Waals surface area contributed by atoms with E-state index in [0.717, 1.165) is 66.8 Å². The van der Waals surface area contributed by atoms with Gasteiger partial charge >= 0.3 is 0 Å². The Morgan fingerprint density at radius 1 is 0.588 bits per heavy atom. The van der Waals surface area contributed by atoms with Gasteiger partial charge in [-0.15, -0.1) is 23.8 Å². The number of rotatable bonds is 9. The summed E-state index contributed by atoms with van der Waals surface area (Å²) in [5, 5.41) is 12.5. The molecule has 0 saturated heterocycles. The maximum atomic E-state index is 12.5. The first kappa shape index (κ1) is 41.8. The second-order valence-corrected chi connectivity index (χ2v) is 20.2. The van der Waals surface area contributed by atoms with Crippen molar-refractivity contribution in [1.29, 1.82) is 0 Å². The van der Waals surface area contributed by atoms with Crippen LogP contribution in [0, 0.1) is 12.9 Å². The van der Waals surface area contributed by atoms with Crippen molar-refractivity contribution in [3.05, 3.63) is 192 Å². The number of phenols is 1. The Bertz CT molecular complexity index is 3480. The molecule has 0 atom stereocenters. The fourth-order valence-electron chi connectivity index (χ4n) is 8.86. The van der Waals surface area contributed by atoms with Crippen LogP contribution in [0.4, 0.5) is 0 Å². The Morgan fingerprint density at radius 2 is 1.25 bits per heavy atom. The average molecular weight is 1080 g/mol. The van der Waals surface area contributed by atoms with E-state index in [9.17, 15) is 7.85 Å². The van der Waals surface area contributed by atoms with E-state index in [-0.39, 0.29) is 43.2 Å². The maximum Gasteiger partial charge on any atom is 0.148 e. The van der Waals surface area contributed by atoms with Crippen molar-refractivity contribution in [2.75, 3.05) is 0 Å². The molecule has 0 radical (unpaired) electrons. The van der Waals surface area contributed by atoms with Gasteiger partial charge in [-0.1, -0.05) is 201 Å². The van der Waals surface area contributed by atoms with Gasteiger partial charge in [0.15, 0.2) is 0 Å².